The number of carbonyl (C=O) groups is 1. The molecule has 0 saturated carbocycles. The molecule has 1 amide bonds. The molecule has 2 aromatic carbocycles. The Morgan fingerprint density at radius 3 is 2.48 bits per heavy atom. The lowest BCUT2D eigenvalue weighted by molar-refractivity contribution is 0.0917. The van der Waals surface area contributed by atoms with Gasteiger partial charge in [0.2, 0.25) is 5.56 Å². The van der Waals surface area contributed by atoms with E-state index in [2.05, 4.69) is 10.3 Å². The zero-order chi connectivity index (χ0) is 18.0. The van der Waals surface area contributed by atoms with Crippen LogP contribution in [-0.2, 0) is 0 Å². The van der Waals surface area contributed by atoms with Crippen molar-refractivity contribution >= 4 is 16.8 Å². The first kappa shape index (κ1) is 16.8. The Bertz CT molecular complexity index is 984. The highest BCUT2D eigenvalue weighted by Gasteiger charge is 2.14. The van der Waals surface area contributed by atoms with Gasteiger partial charge in [0, 0.05) is 18.0 Å². The van der Waals surface area contributed by atoms with Gasteiger partial charge >= 0.3 is 0 Å². The second kappa shape index (κ2) is 6.82. The van der Waals surface area contributed by atoms with Gasteiger partial charge in [-0.1, -0.05) is 12.1 Å². The Labute approximate surface area is 140 Å². The normalized spacial score (nSPS) is 12.1. The lowest BCUT2D eigenvalue weighted by Crippen LogP contribution is -2.29. The minimum atomic E-state index is -1.03. The SMILES string of the molecule is O=C(NCC(O)c1ccc(F)cc1)c1cc(=O)[nH]c2cc(F)ccc12. The first-order chi connectivity index (χ1) is 11.9. The lowest BCUT2D eigenvalue weighted by Gasteiger charge is -2.13. The van der Waals surface area contributed by atoms with Crippen LogP contribution in [0, 0.1) is 11.6 Å². The first-order valence-corrected chi connectivity index (χ1v) is 7.48. The summed E-state index contributed by atoms with van der Waals surface area (Å²) >= 11 is 0. The summed E-state index contributed by atoms with van der Waals surface area (Å²) in [5.41, 5.74) is 0.184. The monoisotopic (exact) mass is 344 g/mol. The summed E-state index contributed by atoms with van der Waals surface area (Å²) in [6.45, 7) is -0.125. The maximum Gasteiger partial charge on any atom is 0.252 e. The standard InChI is InChI=1S/C18H14F2N2O3/c19-11-3-1-10(2-4-11)16(23)9-21-18(25)14-8-17(24)22-15-7-12(20)5-6-13(14)15/h1-8,16,23H,9H2,(H,21,25)(H,22,24). The molecule has 0 aliphatic carbocycles. The van der Waals surface area contributed by atoms with E-state index in [4.69, 9.17) is 0 Å². The summed E-state index contributed by atoms with van der Waals surface area (Å²) in [4.78, 5) is 26.5. The average molecular weight is 344 g/mol. The summed E-state index contributed by atoms with van der Waals surface area (Å²) in [7, 11) is 0. The molecule has 25 heavy (non-hydrogen) atoms. The van der Waals surface area contributed by atoms with E-state index in [-0.39, 0.29) is 17.6 Å². The van der Waals surface area contributed by atoms with Crippen molar-refractivity contribution in [1.82, 2.24) is 10.3 Å². The number of hydrogen-bond acceptors (Lipinski definition) is 3. The quantitative estimate of drug-likeness (QED) is 0.679. The number of fused-ring (bicyclic) bond motifs is 1. The van der Waals surface area contributed by atoms with Gasteiger partial charge in [-0.2, -0.15) is 0 Å². The van der Waals surface area contributed by atoms with Gasteiger partial charge < -0.3 is 15.4 Å². The number of hydrogen-bond donors (Lipinski definition) is 3. The molecule has 0 bridgehead atoms. The molecule has 1 atom stereocenters. The van der Waals surface area contributed by atoms with E-state index in [1.54, 1.807) is 0 Å². The fourth-order valence-corrected chi connectivity index (χ4v) is 2.51. The molecular formula is C18H14F2N2O3. The molecule has 0 saturated heterocycles. The van der Waals surface area contributed by atoms with Gasteiger partial charge in [-0.05, 0) is 35.9 Å². The van der Waals surface area contributed by atoms with Crippen molar-refractivity contribution in [2.24, 2.45) is 0 Å². The molecule has 0 spiro atoms. The highest BCUT2D eigenvalue weighted by atomic mass is 19.1. The predicted molar refractivity (Wildman–Crippen MR) is 88.2 cm³/mol. The zero-order valence-electron chi connectivity index (χ0n) is 12.9. The Morgan fingerprint density at radius 2 is 1.76 bits per heavy atom. The van der Waals surface area contributed by atoms with Crippen LogP contribution in [0.3, 0.4) is 0 Å². The molecule has 3 N–H and O–H groups in total. The number of amides is 1. The van der Waals surface area contributed by atoms with Crippen molar-refractivity contribution in [3.63, 3.8) is 0 Å². The molecule has 128 valence electrons. The van der Waals surface area contributed by atoms with Crippen molar-refractivity contribution in [2.45, 2.75) is 6.10 Å². The number of aliphatic hydroxyl groups excluding tert-OH is 1. The number of rotatable bonds is 4. The third kappa shape index (κ3) is 3.72. The van der Waals surface area contributed by atoms with Crippen molar-refractivity contribution < 1.29 is 18.7 Å². The van der Waals surface area contributed by atoms with Crippen LogP contribution in [0.15, 0.2) is 53.3 Å². The van der Waals surface area contributed by atoms with Crippen molar-refractivity contribution in [1.29, 1.82) is 0 Å². The molecule has 0 aliphatic heterocycles. The van der Waals surface area contributed by atoms with Gasteiger partial charge in [0.25, 0.3) is 5.91 Å². The number of halogens is 2. The lowest BCUT2D eigenvalue weighted by atomic mass is 10.1. The van der Waals surface area contributed by atoms with E-state index in [1.807, 2.05) is 0 Å². The number of aromatic nitrogens is 1. The summed E-state index contributed by atoms with van der Waals surface area (Å²) < 4.78 is 26.2. The zero-order valence-corrected chi connectivity index (χ0v) is 12.9. The molecular weight excluding hydrogens is 330 g/mol. The van der Waals surface area contributed by atoms with Crippen molar-refractivity contribution in [3.8, 4) is 0 Å². The van der Waals surface area contributed by atoms with Gasteiger partial charge in [-0.3, -0.25) is 9.59 Å². The Morgan fingerprint density at radius 1 is 1.08 bits per heavy atom. The van der Waals surface area contributed by atoms with Crippen LogP contribution in [0.1, 0.15) is 22.0 Å². The Kier molecular flexibility index (Phi) is 4.58. The number of nitrogens with one attached hydrogen (secondary N) is 2. The number of H-pyrrole nitrogens is 1. The number of pyridine rings is 1. The molecule has 1 aromatic heterocycles. The van der Waals surface area contributed by atoms with Crippen molar-refractivity contribution in [2.75, 3.05) is 6.54 Å². The molecule has 3 aromatic rings. The topological polar surface area (TPSA) is 82.2 Å². The molecule has 3 rings (SSSR count). The minimum absolute atomic E-state index is 0.0741. The number of benzene rings is 2. The fraction of sp³-hybridized carbons (Fsp3) is 0.111. The van der Waals surface area contributed by atoms with E-state index in [9.17, 15) is 23.5 Å². The molecule has 0 fully saturated rings. The van der Waals surface area contributed by atoms with Crippen LogP contribution < -0.4 is 10.9 Å². The second-order valence-electron chi connectivity index (χ2n) is 5.51. The molecule has 1 heterocycles. The van der Waals surface area contributed by atoms with Crippen LogP contribution in [0.2, 0.25) is 0 Å². The highest BCUT2D eigenvalue weighted by molar-refractivity contribution is 6.05. The van der Waals surface area contributed by atoms with Gasteiger partial charge in [-0.15, -0.1) is 0 Å². The fourth-order valence-electron chi connectivity index (χ4n) is 2.51. The maximum atomic E-state index is 13.3. The van der Waals surface area contributed by atoms with Crippen molar-refractivity contribution in [3.05, 3.63) is 81.6 Å². The van der Waals surface area contributed by atoms with E-state index in [0.717, 1.165) is 12.1 Å². The van der Waals surface area contributed by atoms with E-state index >= 15 is 0 Å². The number of aliphatic hydroxyl groups is 1. The van der Waals surface area contributed by atoms with Crippen LogP contribution in [0.5, 0.6) is 0 Å². The molecule has 0 radical (unpaired) electrons. The van der Waals surface area contributed by atoms with Gasteiger partial charge in [0.1, 0.15) is 11.6 Å². The summed E-state index contributed by atoms with van der Waals surface area (Å²) in [6, 6.07) is 10.1. The highest BCUT2D eigenvalue weighted by Crippen LogP contribution is 2.17. The third-order valence-corrected chi connectivity index (χ3v) is 3.76. The summed E-state index contributed by atoms with van der Waals surface area (Å²) in [5.74, 6) is -1.54. The van der Waals surface area contributed by atoms with E-state index in [1.165, 1.54) is 36.4 Å². The number of carbonyl (C=O) groups excluding carboxylic acids is 1. The van der Waals surface area contributed by atoms with Crippen LogP contribution in [0.25, 0.3) is 10.9 Å². The maximum absolute atomic E-state index is 13.3. The minimum Gasteiger partial charge on any atom is -0.387 e. The van der Waals surface area contributed by atoms with Gasteiger partial charge in [-0.25, -0.2) is 8.78 Å². The summed E-state index contributed by atoms with van der Waals surface area (Å²) in [5, 5.41) is 13.0. The van der Waals surface area contributed by atoms with E-state index < -0.39 is 29.2 Å². The third-order valence-electron chi connectivity index (χ3n) is 3.76. The average Bonchev–Trinajstić information content (AvgIpc) is 2.58. The number of aromatic amines is 1. The van der Waals surface area contributed by atoms with Crippen LogP contribution in [0.4, 0.5) is 8.78 Å². The van der Waals surface area contributed by atoms with Crippen LogP contribution >= 0.6 is 0 Å². The Hall–Kier alpha value is -3.06. The molecule has 1 unspecified atom stereocenters. The Balaban J connectivity index is 1.80. The summed E-state index contributed by atoms with van der Waals surface area (Å²) in [6.07, 6.45) is -1.03. The van der Waals surface area contributed by atoms with Crippen LogP contribution in [-0.4, -0.2) is 22.5 Å². The van der Waals surface area contributed by atoms with Gasteiger partial charge in [0.15, 0.2) is 0 Å². The van der Waals surface area contributed by atoms with E-state index in [0.29, 0.717) is 10.9 Å². The molecule has 7 heteroatoms. The van der Waals surface area contributed by atoms with Gasteiger partial charge in [0.05, 0.1) is 17.2 Å². The predicted octanol–water partition coefficient (Wildman–Crippen LogP) is 2.27. The largest absolute Gasteiger partial charge is 0.387 e. The molecule has 5 nitrogen and oxygen atoms in total. The smallest absolute Gasteiger partial charge is 0.252 e. The molecule has 0 aliphatic rings. The second-order valence-corrected chi connectivity index (χ2v) is 5.51. The first-order valence-electron chi connectivity index (χ1n) is 7.48.